The highest BCUT2D eigenvalue weighted by Crippen LogP contribution is 2.15. The molecule has 1 aromatic heterocycles. The van der Waals surface area contributed by atoms with E-state index < -0.39 is 0 Å². The Bertz CT molecular complexity index is 283. The van der Waals surface area contributed by atoms with Gasteiger partial charge in [-0.05, 0) is 38.9 Å². The fraction of sp³-hybridized carbons (Fsp3) is 0.600. The molecule has 1 aromatic rings. The Hall–Kier alpha value is -0.960. The minimum absolute atomic E-state index is 0.351. The minimum Gasteiger partial charge on any atom is -0.313 e. The van der Waals surface area contributed by atoms with Crippen LogP contribution in [0.1, 0.15) is 36.8 Å². The standard InChI is InChI=1S/C10H17N3/c1-5-10-9(8(3)11-4)6-7(2)12-13-10/h6,8,11H,5H2,1-4H3. The third-order valence-electron chi connectivity index (χ3n) is 2.26. The van der Waals surface area contributed by atoms with Crippen LogP contribution in [0.25, 0.3) is 0 Å². The first-order valence-corrected chi connectivity index (χ1v) is 4.69. The molecule has 0 aliphatic rings. The Morgan fingerprint density at radius 1 is 1.46 bits per heavy atom. The molecule has 0 amide bonds. The van der Waals surface area contributed by atoms with E-state index in [-0.39, 0.29) is 0 Å². The Balaban J connectivity index is 3.07. The van der Waals surface area contributed by atoms with Gasteiger partial charge in [0.05, 0.1) is 11.4 Å². The zero-order valence-electron chi connectivity index (χ0n) is 8.76. The number of rotatable bonds is 3. The molecule has 0 fully saturated rings. The molecule has 0 aliphatic carbocycles. The van der Waals surface area contributed by atoms with Gasteiger partial charge in [-0.1, -0.05) is 6.92 Å². The van der Waals surface area contributed by atoms with E-state index in [1.165, 1.54) is 5.56 Å². The third-order valence-corrected chi connectivity index (χ3v) is 2.26. The Kier molecular flexibility index (Phi) is 3.37. The van der Waals surface area contributed by atoms with Gasteiger partial charge >= 0.3 is 0 Å². The quantitative estimate of drug-likeness (QED) is 0.766. The normalized spacial score (nSPS) is 12.9. The van der Waals surface area contributed by atoms with Gasteiger partial charge in [0.15, 0.2) is 0 Å². The van der Waals surface area contributed by atoms with Gasteiger partial charge in [0.1, 0.15) is 0 Å². The zero-order chi connectivity index (χ0) is 9.84. The van der Waals surface area contributed by atoms with E-state index in [1.54, 1.807) is 0 Å². The number of hydrogen-bond acceptors (Lipinski definition) is 3. The highest BCUT2D eigenvalue weighted by atomic mass is 15.1. The SMILES string of the molecule is CCc1nnc(C)cc1C(C)NC. The van der Waals surface area contributed by atoms with E-state index in [2.05, 4.69) is 35.4 Å². The second-order valence-corrected chi connectivity index (χ2v) is 3.25. The van der Waals surface area contributed by atoms with Crippen molar-refractivity contribution in [1.82, 2.24) is 15.5 Å². The van der Waals surface area contributed by atoms with Crippen LogP contribution in [0.15, 0.2) is 6.07 Å². The van der Waals surface area contributed by atoms with Crippen molar-refractivity contribution in [3.05, 3.63) is 23.0 Å². The fourth-order valence-corrected chi connectivity index (χ4v) is 1.34. The topological polar surface area (TPSA) is 37.8 Å². The van der Waals surface area contributed by atoms with E-state index in [0.29, 0.717) is 6.04 Å². The van der Waals surface area contributed by atoms with E-state index in [4.69, 9.17) is 0 Å². The van der Waals surface area contributed by atoms with Crippen LogP contribution in [0.5, 0.6) is 0 Å². The molecule has 1 N–H and O–H groups in total. The summed E-state index contributed by atoms with van der Waals surface area (Å²) in [5.74, 6) is 0. The summed E-state index contributed by atoms with van der Waals surface area (Å²) in [6, 6.07) is 2.46. The number of nitrogens with zero attached hydrogens (tertiary/aromatic N) is 2. The largest absolute Gasteiger partial charge is 0.313 e. The van der Waals surface area contributed by atoms with Crippen LogP contribution in [0.3, 0.4) is 0 Å². The van der Waals surface area contributed by atoms with Gasteiger partial charge in [0, 0.05) is 6.04 Å². The molecule has 1 heterocycles. The molecular formula is C10H17N3. The van der Waals surface area contributed by atoms with Crippen LogP contribution in [0.4, 0.5) is 0 Å². The van der Waals surface area contributed by atoms with E-state index in [1.807, 2.05) is 14.0 Å². The first-order chi connectivity index (χ1) is 6.19. The van der Waals surface area contributed by atoms with Gasteiger partial charge in [-0.15, -0.1) is 0 Å². The molecule has 13 heavy (non-hydrogen) atoms. The first kappa shape index (κ1) is 10.1. The van der Waals surface area contributed by atoms with Crippen molar-refractivity contribution in [2.24, 2.45) is 0 Å². The summed E-state index contributed by atoms with van der Waals surface area (Å²) in [5, 5.41) is 11.4. The molecule has 1 atom stereocenters. The zero-order valence-corrected chi connectivity index (χ0v) is 8.76. The average molecular weight is 179 g/mol. The molecule has 0 aliphatic heterocycles. The van der Waals surface area contributed by atoms with Crippen LogP contribution >= 0.6 is 0 Å². The summed E-state index contributed by atoms with van der Waals surface area (Å²) < 4.78 is 0. The molecule has 1 unspecified atom stereocenters. The lowest BCUT2D eigenvalue weighted by molar-refractivity contribution is 0.633. The van der Waals surface area contributed by atoms with Crippen molar-refractivity contribution in [1.29, 1.82) is 0 Å². The molecule has 3 heteroatoms. The Labute approximate surface area is 79.6 Å². The van der Waals surface area contributed by atoms with E-state index in [9.17, 15) is 0 Å². The summed E-state index contributed by atoms with van der Waals surface area (Å²) >= 11 is 0. The average Bonchev–Trinajstić information content (AvgIpc) is 2.16. The lowest BCUT2D eigenvalue weighted by Gasteiger charge is -2.13. The molecule has 0 spiro atoms. The highest BCUT2D eigenvalue weighted by molar-refractivity contribution is 5.24. The fourth-order valence-electron chi connectivity index (χ4n) is 1.34. The van der Waals surface area contributed by atoms with Gasteiger partial charge in [0.25, 0.3) is 0 Å². The first-order valence-electron chi connectivity index (χ1n) is 4.69. The van der Waals surface area contributed by atoms with Gasteiger partial charge in [0.2, 0.25) is 0 Å². The van der Waals surface area contributed by atoms with Crippen LogP contribution in [-0.2, 0) is 6.42 Å². The monoisotopic (exact) mass is 179 g/mol. The Morgan fingerprint density at radius 3 is 2.69 bits per heavy atom. The molecule has 3 nitrogen and oxygen atoms in total. The summed E-state index contributed by atoms with van der Waals surface area (Å²) in [6.07, 6.45) is 0.939. The molecule has 0 aromatic carbocycles. The van der Waals surface area contributed by atoms with Crippen LogP contribution < -0.4 is 5.32 Å². The number of hydrogen-bond donors (Lipinski definition) is 1. The smallest absolute Gasteiger partial charge is 0.0676 e. The second kappa shape index (κ2) is 4.33. The maximum atomic E-state index is 4.18. The lowest BCUT2D eigenvalue weighted by Crippen LogP contribution is -2.15. The van der Waals surface area contributed by atoms with Crippen LogP contribution in [0.2, 0.25) is 0 Å². The maximum absolute atomic E-state index is 4.18. The highest BCUT2D eigenvalue weighted by Gasteiger charge is 2.09. The molecule has 1 rings (SSSR count). The van der Waals surface area contributed by atoms with Gasteiger partial charge < -0.3 is 5.32 Å². The van der Waals surface area contributed by atoms with Gasteiger partial charge in [-0.2, -0.15) is 10.2 Å². The summed E-state index contributed by atoms with van der Waals surface area (Å²) in [7, 11) is 1.96. The van der Waals surface area contributed by atoms with Crippen molar-refractivity contribution in [2.75, 3.05) is 7.05 Å². The Morgan fingerprint density at radius 2 is 2.15 bits per heavy atom. The van der Waals surface area contributed by atoms with Crippen LogP contribution in [-0.4, -0.2) is 17.2 Å². The van der Waals surface area contributed by atoms with E-state index in [0.717, 1.165) is 17.8 Å². The molecule has 72 valence electrons. The number of nitrogens with one attached hydrogen (secondary N) is 1. The second-order valence-electron chi connectivity index (χ2n) is 3.25. The van der Waals surface area contributed by atoms with Crippen LogP contribution in [0, 0.1) is 6.92 Å². The summed E-state index contributed by atoms with van der Waals surface area (Å²) in [4.78, 5) is 0. The molecule has 0 saturated carbocycles. The third kappa shape index (κ3) is 2.25. The van der Waals surface area contributed by atoms with Gasteiger partial charge in [-0.25, -0.2) is 0 Å². The summed E-state index contributed by atoms with van der Waals surface area (Å²) in [5.41, 5.74) is 3.33. The molecule has 0 bridgehead atoms. The van der Waals surface area contributed by atoms with Crippen molar-refractivity contribution in [3.63, 3.8) is 0 Å². The predicted molar refractivity (Wildman–Crippen MR) is 53.6 cm³/mol. The number of aryl methyl sites for hydroxylation is 2. The maximum Gasteiger partial charge on any atom is 0.0676 e. The minimum atomic E-state index is 0.351. The van der Waals surface area contributed by atoms with Crippen molar-refractivity contribution in [3.8, 4) is 0 Å². The molecular weight excluding hydrogens is 162 g/mol. The number of aromatic nitrogens is 2. The summed E-state index contributed by atoms with van der Waals surface area (Å²) in [6.45, 7) is 6.21. The molecule has 0 saturated heterocycles. The van der Waals surface area contributed by atoms with Crippen molar-refractivity contribution in [2.45, 2.75) is 33.2 Å². The van der Waals surface area contributed by atoms with Gasteiger partial charge in [-0.3, -0.25) is 0 Å². The molecule has 0 radical (unpaired) electrons. The van der Waals surface area contributed by atoms with E-state index >= 15 is 0 Å². The lowest BCUT2D eigenvalue weighted by atomic mass is 10.1. The van der Waals surface area contributed by atoms with Crippen molar-refractivity contribution < 1.29 is 0 Å². The predicted octanol–water partition coefficient (Wildman–Crippen LogP) is 1.63. The van der Waals surface area contributed by atoms with Crippen molar-refractivity contribution >= 4 is 0 Å².